The lowest BCUT2D eigenvalue weighted by Crippen LogP contribution is -2.48. The van der Waals surface area contributed by atoms with E-state index < -0.39 is 15.8 Å². The second-order valence-corrected chi connectivity index (χ2v) is 9.80. The molecule has 0 radical (unpaired) electrons. The Kier molecular flexibility index (Phi) is 4.28. The number of benzene rings is 2. The van der Waals surface area contributed by atoms with Gasteiger partial charge in [0.15, 0.2) is 5.78 Å². The first kappa shape index (κ1) is 21.2. The first-order valence-corrected chi connectivity index (χ1v) is 10.9. The second-order valence-electron chi connectivity index (χ2n) is 9.80. The molecule has 1 fully saturated rings. The minimum atomic E-state index is -0.949. The minimum absolute atomic E-state index is 0.0649. The number of nitro benzene ring substituents is 1. The SMILES string of the molecule is CC(=O)c1cccc(NC(=O)C23CCC(C)(c4nc5ccc([N+](=O)[O-])cc5nc42)C3(C)C)c1. The van der Waals surface area contributed by atoms with Gasteiger partial charge in [0.2, 0.25) is 5.91 Å². The van der Waals surface area contributed by atoms with Crippen LogP contribution in [0.4, 0.5) is 11.4 Å². The molecule has 0 spiro atoms. The number of carbonyl (C=O) groups is 2. The Bertz CT molecular complexity index is 1380. The molecule has 0 aliphatic heterocycles. The molecule has 33 heavy (non-hydrogen) atoms. The van der Waals surface area contributed by atoms with E-state index in [0.717, 1.165) is 12.1 Å². The molecule has 2 atom stereocenters. The van der Waals surface area contributed by atoms with Crippen molar-refractivity contribution in [3.8, 4) is 0 Å². The van der Waals surface area contributed by atoms with Gasteiger partial charge in [0.1, 0.15) is 0 Å². The predicted molar refractivity (Wildman–Crippen MR) is 123 cm³/mol. The van der Waals surface area contributed by atoms with Crippen molar-refractivity contribution in [2.75, 3.05) is 5.32 Å². The van der Waals surface area contributed by atoms with Crippen LogP contribution in [0.25, 0.3) is 11.0 Å². The lowest BCUT2D eigenvalue weighted by atomic mass is 9.63. The Morgan fingerprint density at radius 2 is 1.73 bits per heavy atom. The average molecular weight is 444 g/mol. The number of anilines is 1. The van der Waals surface area contributed by atoms with Crippen molar-refractivity contribution in [3.63, 3.8) is 0 Å². The van der Waals surface area contributed by atoms with E-state index in [2.05, 4.69) is 26.1 Å². The summed E-state index contributed by atoms with van der Waals surface area (Å²) in [7, 11) is 0. The van der Waals surface area contributed by atoms with Gasteiger partial charge in [0.05, 0.1) is 32.8 Å². The number of fused-ring (bicyclic) bond motifs is 6. The van der Waals surface area contributed by atoms with Gasteiger partial charge in [0.25, 0.3) is 5.69 Å². The van der Waals surface area contributed by atoms with Gasteiger partial charge < -0.3 is 5.32 Å². The highest BCUT2D eigenvalue weighted by molar-refractivity contribution is 6.03. The fourth-order valence-corrected chi connectivity index (χ4v) is 5.76. The summed E-state index contributed by atoms with van der Waals surface area (Å²) in [5.41, 5.74) is 1.55. The van der Waals surface area contributed by atoms with Crippen molar-refractivity contribution in [2.24, 2.45) is 5.41 Å². The van der Waals surface area contributed by atoms with Gasteiger partial charge >= 0.3 is 0 Å². The second kappa shape index (κ2) is 6.66. The Balaban J connectivity index is 1.67. The molecule has 2 aliphatic carbocycles. The topological polar surface area (TPSA) is 115 Å². The molecule has 5 rings (SSSR count). The van der Waals surface area contributed by atoms with Crippen molar-refractivity contribution in [3.05, 3.63) is 69.5 Å². The van der Waals surface area contributed by atoms with E-state index in [-0.39, 0.29) is 22.8 Å². The van der Waals surface area contributed by atoms with Gasteiger partial charge in [-0.05, 0) is 43.4 Å². The number of nitrogens with zero attached hydrogens (tertiary/aromatic N) is 3. The molecule has 2 aliphatic rings. The van der Waals surface area contributed by atoms with Gasteiger partial charge in [0, 0.05) is 28.8 Å². The fourth-order valence-electron chi connectivity index (χ4n) is 5.76. The number of nitro groups is 1. The largest absolute Gasteiger partial charge is 0.325 e. The van der Waals surface area contributed by atoms with Gasteiger partial charge in [-0.3, -0.25) is 19.7 Å². The van der Waals surface area contributed by atoms with E-state index in [1.807, 2.05) is 0 Å². The van der Waals surface area contributed by atoms with Crippen LogP contribution < -0.4 is 5.32 Å². The number of ketones is 1. The Morgan fingerprint density at radius 1 is 1.00 bits per heavy atom. The maximum absolute atomic E-state index is 13.9. The lowest BCUT2D eigenvalue weighted by Gasteiger charge is -2.39. The summed E-state index contributed by atoms with van der Waals surface area (Å²) < 4.78 is 0. The number of non-ortho nitro benzene ring substituents is 1. The number of Topliss-reactive ketones (excluding diaryl/α,β-unsaturated/α-hetero) is 1. The number of nitrogens with one attached hydrogen (secondary N) is 1. The van der Waals surface area contributed by atoms with Crippen LogP contribution in [0, 0.1) is 15.5 Å². The molecule has 2 unspecified atom stereocenters. The number of hydrogen-bond acceptors (Lipinski definition) is 6. The first-order valence-electron chi connectivity index (χ1n) is 10.9. The third kappa shape index (κ3) is 2.63. The Morgan fingerprint density at radius 3 is 2.42 bits per heavy atom. The van der Waals surface area contributed by atoms with Crippen LogP contribution in [-0.2, 0) is 15.6 Å². The van der Waals surface area contributed by atoms with Crippen molar-refractivity contribution in [2.45, 2.75) is 51.4 Å². The van der Waals surface area contributed by atoms with Gasteiger partial charge in [-0.1, -0.05) is 32.9 Å². The monoisotopic (exact) mass is 444 g/mol. The molecule has 1 aromatic heterocycles. The van der Waals surface area contributed by atoms with Crippen LogP contribution in [0.1, 0.15) is 62.3 Å². The van der Waals surface area contributed by atoms with E-state index in [1.54, 1.807) is 30.3 Å². The van der Waals surface area contributed by atoms with E-state index in [4.69, 9.17) is 9.97 Å². The molecule has 1 heterocycles. The number of rotatable bonds is 4. The molecule has 168 valence electrons. The van der Waals surface area contributed by atoms with Crippen LogP contribution in [-0.4, -0.2) is 26.6 Å². The number of carbonyl (C=O) groups excluding carboxylic acids is 2. The van der Waals surface area contributed by atoms with Crippen LogP contribution in [0.3, 0.4) is 0 Å². The van der Waals surface area contributed by atoms with E-state index in [0.29, 0.717) is 34.4 Å². The van der Waals surface area contributed by atoms with E-state index in [1.165, 1.54) is 19.1 Å². The highest BCUT2D eigenvalue weighted by atomic mass is 16.6. The predicted octanol–water partition coefficient (Wildman–Crippen LogP) is 4.71. The van der Waals surface area contributed by atoms with Gasteiger partial charge in [-0.2, -0.15) is 0 Å². The van der Waals surface area contributed by atoms with Crippen LogP contribution in [0.2, 0.25) is 0 Å². The normalized spacial score (nSPS) is 24.5. The molecular weight excluding hydrogens is 420 g/mol. The van der Waals surface area contributed by atoms with Gasteiger partial charge in [-0.25, -0.2) is 9.97 Å². The molecule has 1 N–H and O–H groups in total. The highest BCUT2D eigenvalue weighted by Crippen LogP contribution is 2.70. The summed E-state index contributed by atoms with van der Waals surface area (Å²) in [5.74, 6) is -0.280. The summed E-state index contributed by atoms with van der Waals surface area (Å²) in [4.78, 5) is 46.2. The van der Waals surface area contributed by atoms with Crippen LogP contribution in [0.5, 0.6) is 0 Å². The average Bonchev–Trinajstić information content (AvgIpc) is 3.07. The van der Waals surface area contributed by atoms with Gasteiger partial charge in [-0.15, -0.1) is 0 Å². The smallest absolute Gasteiger partial charge is 0.271 e. The molecule has 0 saturated heterocycles. The third-order valence-corrected chi connectivity index (χ3v) is 8.15. The van der Waals surface area contributed by atoms with Crippen molar-refractivity contribution >= 4 is 34.1 Å². The van der Waals surface area contributed by atoms with Crippen LogP contribution in [0.15, 0.2) is 42.5 Å². The highest BCUT2D eigenvalue weighted by Gasteiger charge is 2.73. The summed E-state index contributed by atoms with van der Waals surface area (Å²) in [5, 5.41) is 14.3. The van der Waals surface area contributed by atoms with Crippen molar-refractivity contribution in [1.82, 2.24) is 9.97 Å². The zero-order valence-corrected chi connectivity index (χ0v) is 18.9. The molecule has 2 bridgehead atoms. The maximum atomic E-state index is 13.9. The number of aromatic nitrogens is 2. The van der Waals surface area contributed by atoms with E-state index in [9.17, 15) is 19.7 Å². The summed E-state index contributed by atoms with van der Waals surface area (Å²) in [6.07, 6.45) is 1.37. The molecule has 8 heteroatoms. The first-order chi connectivity index (χ1) is 15.5. The molecule has 1 amide bonds. The van der Waals surface area contributed by atoms with E-state index >= 15 is 0 Å². The minimum Gasteiger partial charge on any atom is -0.325 e. The lowest BCUT2D eigenvalue weighted by molar-refractivity contribution is -0.384. The maximum Gasteiger partial charge on any atom is 0.271 e. The summed E-state index contributed by atoms with van der Waals surface area (Å²) in [6, 6.07) is 11.3. The molecule has 2 aromatic carbocycles. The summed E-state index contributed by atoms with van der Waals surface area (Å²) in [6.45, 7) is 7.75. The molecule has 3 aromatic rings. The summed E-state index contributed by atoms with van der Waals surface area (Å²) >= 11 is 0. The fraction of sp³-hybridized carbons (Fsp3) is 0.360. The molecular formula is C25H24N4O4. The zero-order chi connectivity index (χ0) is 23.8. The van der Waals surface area contributed by atoms with Crippen molar-refractivity contribution in [1.29, 1.82) is 0 Å². The molecule has 8 nitrogen and oxygen atoms in total. The van der Waals surface area contributed by atoms with Crippen molar-refractivity contribution < 1.29 is 14.5 Å². The van der Waals surface area contributed by atoms with Crippen LogP contribution >= 0.6 is 0 Å². The number of amides is 1. The molecule has 1 saturated carbocycles. The third-order valence-electron chi connectivity index (χ3n) is 8.15. The Hall–Kier alpha value is -3.68. The standard InChI is InChI=1S/C25H24N4O4/c1-14(30)15-6-5-7-16(12-15)26-22(31)25-11-10-24(4,23(25,2)3)20-21(25)28-19-13-17(29(32)33)8-9-18(19)27-20/h5-9,12-13H,10-11H2,1-4H3,(H,26,31). The number of hydrogen-bond donors (Lipinski definition) is 1. The Labute approximate surface area is 190 Å². The quantitative estimate of drug-likeness (QED) is 0.354. The zero-order valence-electron chi connectivity index (χ0n) is 18.9.